The van der Waals surface area contributed by atoms with Crippen LogP contribution in [0.25, 0.3) is 27.8 Å². The Bertz CT molecular complexity index is 1140. The molecule has 0 aromatic heterocycles. The highest BCUT2D eigenvalue weighted by atomic mass is 19.2. The van der Waals surface area contributed by atoms with Crippen LogP contribution >= 0.6 is 0 Å². The Labute approximate surface area is 195 Å². The van der Waals surface area contributed by atoms with Crippen LogP contribution < -0.4 is 0 Å². The molecule has 1 unspecified atom stereocenters. The van der Waals surface area contributed by atoms with Crippen molar-refractivity contribution in [1.29, 1.82) is 0 Å². The number of halogens is 3. The second-order valence-electron chi connectivity index (χ2n) is 9.08. The highest BCUT2D eigenvalue weighted by Gasteiger charge is 2.18. The van der Waals surface area contributed by atoms with E-state index in [0.29, 0.717) is 23.1 Å². The fourth-order valence-electron chi connectivity index (χ4n) is 4.88. The second kappa shape index (κ2) is 10.4. The van der Waals surface area contributed by atoms with Crippen molar-refractivity contribution in [2.24, 2.45) is 5.92 Å². The molecule has 4 rings (SSSR count). The molecule has 3 aromatic carbocycles. The summed E-state index contributed by atoms with van der Waals surface area (Å²) in [6.07, 6.45) is 8.99. The molecule has 0 saturated carbocycles. The van der Waals surface area contributed by atoms with Gasteiger partial charge in [-0.05, 0) is 65.5 Å². The SMILES string of the molecule is CCCc1ccc(-c2ccc(-c3ccc(C4=CCC(CCC)CC4)c(F)c3)cc2)c(F)c1F. The van der Waals surface area contributed by atoms with E-state index in [1.807, 2.05) is 31.2 Å². The molecule has 1 atom stereocenters. The summed E-state index contributed by atoms with van der Waals surface area (Å²) < 4.78 is 43.9. The van der Waals surface area contributed by atoms with E-state index < -0.39 is 11.6 Å². The molecule has 3 aromatic rings. The quantitative estimate of drug-likeness (QED) is 0.338. The minimum absolute atomic E-state index is 0.212. The number of rotatable bonds is 7. The smallest absolute Gasteiger partial charge is 0.166 e. The van der Waals surface area contributed by atoms with Gasteiger partial charge in [-0.15, -0.1) is 0 Å². The van der Waals surface area contributed by atoms with Crippen molar-refractivity contribution in [3.63, 3.8) is 0 Å². The van der Waals surface area contributed by atoms with Gasteiger partial charge in [0.25, 0.3) is 0 Å². The molecule has 0 heterocycles. The van der Waals surface area contributed by atoms with Crippen LogP contribution in [0.2, 0.25) is 0 Å². The average molecular weight is 449 g/mol. The van der Waals surface area contributed by atoms with Gasteiger partial charge in [0.15, 0.2) is 11.6 Å². The van der Waals surface area contributed by atoms with Crippen molar-refractivity contribution in [2.45, 2.75) is 58.8 Å². The topological polar surface area (TPSA) is 0 Å². The third-order valence-electron chi connectivity index (χ3n) is 6.74. The zero-order chi connectivity index (χ0) is 23.4. The largest absolute Gasteiger partial charge is 0.206 e. The molecule has 3 heteroatoms. The first-order chi connectivity index (χ1) is 16.0. The molecule has 0 N–H and O–H groups in total. The van der Waals surface area contributed by atoms with E-state index in [4.69, 9.17) is 0 Å². The number of hydrogen-bond acceptors (Lipinski definition) is 0. The lowest BCUT2D eigenvalue weighted by molar-refractivity contribution is 0.444. The van der Waals surface area contributed by atoms with Crippen LogP contribution in [0.5, 0.6) is 0 Å². The van der Waals surface area contributed by atoms with Crippen molar-refractivity contribution >= 4 is 5.57 Å². The normalized spacial score (nSPS) is 16.0. The summed E-state index contributed by atoms with van der Waals surface area (Å²) in [5.41, 5.74) is 4.65. The Morgan fingerprint density at radius 2 is 1.45 bits per heavy atom. The van der Waals surface area contributed by atoms with Crippen LogP contribution in [0.1, 0.15) is 63.5 Å². The molecule has 0 fully saturated rings. The van der Waals surface area contributed by atoms with Crippen LogP contribution in [0.3, 0.4) is 0 Å². The fraction of sp³-hybridized carbons (Fsp3) is 0.333. The monoisotopic (exact) mass is 448 g/mol. The van der Waals surface area contributed by atoms with Gasteiger partial charge in [-0.2, -0.15) is 0 Å². The first kappa shape index (κ1) is 23.4. The van der Waals surface area contributed by atoms with E-state index in [0.717, 1.165) is 48.3 Å². The van der Waals surface area contributed by atoms with E-state index >= 15 is 0 Å². The minimum Gasteiger partial charge on any atom is -0.206 e. The van der Waals surface area contributed by atoms with Gasteiger partial charge < -0.3 is 0 Å². The summed E-state index contributed by atoms with van der Waals surface area (Å²) in [5, 5.41) is 0. The molecular formula is C30H31F3. The molecule has 0 aliphatic heterocycles. The maximum absolute atomic E-state index is 15.0. The third-order valence-corrected chi connectivity index (χ3v) is 6.74. The highest BCUT2D eigenvalue weighted by Crippen LogP contribution is 2.35. The van der Waals surface area contributed by atoms with E-state index in [1.54, 1.807) is 30.3 Å². The van der Waals surface area contributed by atoms with Gasteiger partial charge >= 0.3 is 0 Å². The van der Waals surface area contributed by atoms with Gasteiger partial charge in [0, 0.05) is 11.1 Å². The molecule has 172 valence electrons. The summed E-state index contributed by atoms with van der Waals surface area (Å²) >= 11 is 0. The predicted octanol–water partition coefficient (Wildman–Crippen LogP) is 9.37. The third kappa shape index (κ3) is 5.08. The standard InChI is InChI=1S/C30H31F3/c1-3-5-20-7-9-22(10-8-20)26-17-16-25(19-28(26)31)21-11-13-23(14-12-21)27-18-15-24(6-4-2)29(32)30(27)33/h9,11-20H,3-8,10H2,1-2H3. The van der Waals surface area contributed by atoms with Crippen LogP contribution in [0, 0.1) is 23.4 Å². The molecule has 1 aliphatic carbocycles. The van der Waals surface area contributed by atoms with Gasteiger partial charge in [0.05, 0.1) is 0 Å². The van der Waals surface area contributed by atoms with Crippen LogP contribution in [0.4, 0.5) is 13.2 Å². The molecular weight excluding hydrogens is 417 g/mol. The molecule has 1 aliphatic rings. The highest BCUT2D eigenvalue weighted by molar-refractivity contribution is 5.74. The first-order valence-corrected chi connectivity index (χ1v) is 12.1. The fourth-order valence-corrected chi connectivity index (χ4v) is 4.88. The lowest BCUT2D eigenvalue weighted by Crippen LogP contribution is -2.05. The van der Waals surface area contributed by atoms with E-state index in [-0.39, 0.29) is 11.4 Å². The zero-order valence-electron chi connectivity index (χ0n) is 19.4. The zero-order valence-corrected chi connectivity index (χ0v) is 19.4. The van der Waals surface area contributed by atoms with Crippen LogP contribution in [-0.2, 0) is 6.42 Å². The van der Waals surface area contributed by atoms with Crippen LogP contribution in [0.15, 0.2) is 60.7 Å². The summed E-state index contributed by atoms with van der Waals surface area (Å²) in [6.45, 7) is 4.15. The van der Waals surface area contributed by atoms with Crippen molar-refractivity contribution in [3.8, 4) is 22.3 Å². The van der Waals surface area contributed by atoms with Crippen molar-refractivity contribution in [1.82, 2.24) is 0 Å². The van der Waals surface area contributed by atoms with Crippen molar-refractivity contribution in [2.75, 3.05) is 0 Å². The van der Waals surface area contributed by atoms with Gasteiger partial charge in [-0.25, -0.2) is 13.2 Å². The van der Waals surface area contributed by atoms with E-state index in [9.17, 15) is 13.2 Å². The molecule has 33 heavy (non-hydrogen) atoms. The summed E-state index contributed by atoms with van der Waals surface area (Å²) in [6, 6.07) is 15.8. The molecule has 0 spiro atoms. The summed E-state index contributed by atoms with van der Waals surface area (Å²) in [7, 11) is 0. The molecule has 0 radical (unpaired) electrons. The predicted molar refractivity (Wildman–Crippen MR) is 131 cm³/mol. The molecule has 0 bridgehead atoms. The van der Waals surface area contributed by atoms with Gasteiger partial charge in [-0.1, -0.05) is 87.7 Å². The summed E-state index contributed by atoms with van der Waals surface area (Å²) in [5.74, 6) is -1.07. The lowest BCUT2D eigenvalue weighted by Gasteiger charge is -2.22. The maximum atomic E-state index is 15.0. The Hall–Kier alpha value is -2.81. The maximum Gasteiger partial charge on any atom is 0.166 e. The number of hydrogen-bond donors (Lipinski definition) is 0. The Kier molecular flexibility index (Phi) is 7.37. The summed E-state index contributed by atoms with van der Waals surface area (Å²) in [4.78, 5) is 0. The van der Waals surface area contributed by atoms with Gasteiger partial charge in [0.2, 0.25) is 0 Å². The van der Waals surface area contributed by atoms with E-state index in [2.05, 4.69) is 13.0 Å². The molecule has 0 nitrogen and oxygen atoms in total. The van der Waals surface area contributed by atoms with Crippen molar-refractivity contribution < 1.29 is 13.2 Å². The number of aryl methyl sites for hydroxylation is 1. The number of benzene rings is 3. The second-order valence-corrected chi connectivity index (χ2v) is 9.08. The lowest BCUT2D eigenvalue weighted by atomic mass is 9.84. The van der Waals surface area contributed by atoms with Gasteiger partial charge in [0.1, 0.15) is 5.82 Å². The Balaban J connectivity index is 1.54. The number of allylic oxidation sites excluding steroid dienone is 2. The van der Waals surface area contributed by atoms with E-state index in [1.165, 1.54) is 12.8 Å². The van der Waals surface area contributed by atoms with Gasteiger partial charge in [-0.3, -0.25) is 0 Å². The Morgan fingerprint density at radius 3 is 2.09 bits per heavy atom. The first-order valence-electron chi connectivity index (χ1n) is 12.1. The Morgan fingerprint density at radius 1 is 0.758 bits per heavy atom. The average Bonchev–Trinajstić information content (AvgIpc) is 2.83. The molecule has 0 saturated heterocycles. The molecule has 0 amide bonds. The van der Waals surface area contributed by atoms with Crippen molar-refractivity contribution in [3.05, 3.63) is 89.3 Å². The minimum atomic E-state index is -0.814. The van der Waals surface area contributed by atoms with Crippen LogP contribution in [-0.4, -0.2) is 0 Å².